The molecular weight excluding hydrogens is 326 g/mol. The number of carbonyl (C=O) groups excluding carboxylic acids is 2. The Labute approximate surface area is 143 Å². The van der Waals surface area contributed by atoms with Gasteiger partial charge in [0.2, 0.25) is 5.91 Å². The summed E-state index contributed by atoms with van der Waals surface area (Å²) in [6.07, 6.45) is 0. The molecule has 0 atom stereocenters. The van der Waals surface area contributed by atoms with Gasteiger partial charge in [-0.05, 0) is 41.9 Å². The van der Waals surface area contributed by atoms with Crippen LogP contribution in [0.15, 0.2) is 35.4 Å². The Morgan fingerprint density at radius 2 is 1.96 bits per heavy atom. The number of rotatable bonds is 5. The normalized spacial score (nSPS) is 10.0. The van der Waals surface area contributed by atoms with Gasteiger partial charge in [0.05, 0.1) is 11.7 Å². The minimum atomic E-state index is -1.27. The van der Waals surface area contributed by atoms with Crippen LogP contribution in [0.25, 0.3) is 0 Å². The molecule has 0 saturated heterocycles. The second-order valence-electron chi connectivity index (χ2n) is 5.15. The van der Waals surface area contributed by atoms with E-state index in [0.29, 0.717) is 16.3 Å². The number of nitrogens with zero attached hydrogens (tertiary/aromatic N) is 1. The van der Waals surface area contributed by atoms with E-state index in [9.17, 15) is 20.0 Å². The molecule has 1 heterocycles. The molecule has 2 aromatic rings. The van der Waals surface area contributed by atoms with E-state index in [1.807, 2.05) is 19.9 Å². The number of aromatic amines is 1. The largest absolute Gasteiger partial charge is 0.545 e. The van der Waals surface area contributed by atoms with Gasteiger partial charge in [0, 0.05) is 18.7 Å². The number of amides is 1. The van der Waals surface area contributed by atoms with E-state index in [2.05, 4.69) is 16.4 Å². The lowest BCUT2D eigenvalue weighted by molar-refractivity contribution is -0.435. The number of aromatic nitrogens is 1. The number of benzene rings is 1. The van der Waals surface area contributed by atoms with Gasteiger partial charge in [-0.2, -0.15) is 5.26 Å². The molecule has 0 unspecified atom stereocenters. The fourth-order valence-corrected chi connectivity index (χ4v) is 3.06. The molecule has 6 nitrogen and oxygen atoms in total. The molecule has 0 radical (unpaired) electrons. The second-order valence-corrected chi connectivity index (χ2v) is 6.14. The summed E-state index contributed by atoms with van der Waals surface area (Å²) >= 11 is 1.24. The fraction of sp³-hybridized carbons (Fsp3) is 0.176. The van der Waals surface area contributed by atoms with Crippen molar-refractivity contribution in [1.82, 2.24) is 0 Å². The minimum Gasteiger partial charge on any atom is -0.545 e. The topological polar surface area (TPSA) is 107 Å². The van der Waals surface area contributed by atoms with E-state index < -0.39 is 5.97 Å². The van der Waals surface area contributed by atoms with E-state index in [4.69, 9.17) is 0 Å². The van der Waals surface area contributed by atoms with Gasteiger partial charge < -0.3 is 15.2 Å². The number of carboxylic acid groups (broad SMARTS) is 1. The van der Waals surface area contributed by atoms with Crippen LogP contribution in [-0.2, 0) is 4.79 Å². The Hall–Kier alpha value is -2.85. The predicted molar refractivity (Wildman–Crippen MR) is 87.3 cm³/mol. The zero-order valence-corrected chi connectivity index (χ0v) is 14.0. The van der Waals surface area contributed by atoms with Gasteiger partial charge >= 0.3 is 0 Å². The summed E-state index contributed by atoms with van der Waals surface area (Å²) in [5.41, 5.74) is 2.83. The lowest BCUT2D eigenvalue weighted by Crippen LogP contribution is -2.22. The lowest BCUT2D eigenvalue weighted by atomic mass is 10.1. The van der Waals surface area contributed by atoms with Crippen LogP contribution in [0.5, 0.6) is 0 Å². The number of carbonyl (C=O) groups is 2. The number of hydrogen-bond donors (Lipinski definition) is 1. The first-order valence-corrected chi connectivity index (χ1v) is 8.07. The standard InChI is InChI=1S/C17H15N3O3S/c1-10-7-11(2)19-16(14(10)8-18)24-9-15(21)20-13-5-3-12(4-6-13)17(22)23/h3-7H,9H2,1-2H3,(H,20,21)(H,22,23). The van der Waals surface area contributed by atoms with Gasteiger partial charge in [-0.25, -0.2) is 4.98 Å². The van der Waals surface area contributed by atoms with Crippen LogP contribution in [0.1, 0.15) is 27.2 Å². The average Bonchev–Trinajstić information content (AvgIpc) is 2.53. The summed E-state index contributed by atoms with van der Waals surface area (Å²) in [5.74, 6) is -1.40. The van der Waals surface area contributed by atoms with Crippen LogP contribution in [0.3, 0.4) is 0 Å². The number of nitriles is 1. The number of pyridine rings is 1. The minimum absolute atomic E-state index is 0.0471. The van der Waals surface area contributed by atoms with Crippen molar-refractivity contribution in [2.75, 3.05) is 11.1 Å². The Kier molecular flexibility index (Phi) is 5.55. The van der Waals surface area contributed by atoms with E-state index in [-0.39, 0.29) is 17.2 Å². The number of anilines is 1. The van der Waals surface area contributed by atoms with Gasteiger partial charge in [0.25, 0.3) is 5.03 Å². The average molecular weight is 341 g/mol. The molecule has 7 heteroatoms. The van der Waals surface area contributed by atoms with Crippen molar-refractivity contribution in [3.63, 3.8) is 0 Å². The van der Waals surface area contributed by atoms with Crippen LogP contribution in [0, 0.1) is 25.2 Å². The highest BCUT2D eigenvalue weighted by molar-refractivity contribution is 7.99. The van der Waals surface area contributed by atoms with Crippen molar-refractivity contribution in [1.29, 1.82) is 5.26 Å². The van der Waals surface area contributed by atoms with Crippen molar-refractivity contribution in [2.45, 2.75) is 18.9 Å². The zero-order chi connectivity index (χ0) is 17.7. The first-order chi connectivity index (χ1) is 11.4. The molecular formula is C17H15N3O3S. The molecule has 1 amide bonds. The Morgan fingerprint density at radius 3 is 2.54 bits per heavy atom. The van der Waals surface area contributed by atoms with Crippen molar-refractivity contribution < 1.29 is 19.7 Å². The highest BCUT2D eigenvalue weighted by Gasteiger charge is 2.17. The predicted octanol–water partition coefficient (Wildman–Crippen LogP) is 1.08. The van der Waals surface area contributed by atoms with Gasteiger partial charge in [0.1, 0.15) is 11.6 Å². The monoisotopic (exact) mass is 341 g/mol. The molecule has 2 rings (SSSR count). The summed E-state index contributed by atoms with van der Waals surface area (Å²) in [7, 11) is 0. The van der Waals surface area contributed by atoms with E-state index in [1.165, 1.54) is 36.0 Å². The summed E-state index contributed by atoms with van der Waals surface area (Å²) in [6.45, 7) is 3.74. The molecule has 0 bridgehead atoms. The zero-order valence-electron chi connectivity index (χ0n) is 13.2. The molecule has 0 aliphatic rings. The fourth-order valence-electron chi connectivity index (χ4n) is 2.13. The van der Waals surface area contributed by atoms with Crippen LogP contribution < -0.4 is 15.4 Å². The van der Waals surface area contributed by atoms with E-state index in [1.54, 1.807) is 0 Å². The lowest BCUT2D eigenvalue weighted by Gasteiger charge is -2.07. The summed E-state index contributed by atoms with van der Waals surface area (Å²) in [6, 6.07) is 9.74. The van der Waals surface area contributed by atoms with Crippen molar-refractivity contribution >= 4 is 29.3 Å². The van der Waals surface area contributed by atoms with Crippen molar-refractivity contribution in [3.8, 4) is 6.07 Å². The highest BCUT2D eigenvalue weighted by atomic mass is 32.2. The summed E-state index contributed by atoms with van der Waals surface area (Å²) in [4.78, 5) is 25.8. The highest BCUT2D eigenvalue weighted by Crippen LogP contribution is 2.21. The van der Waals surface area contributed by atoms with Gasteiger partial charge in [-0.1, -0.05) is 12.1 Å². The van der Waals surface area contributed by atoms with E-state index >= 15 is 0 Å². The number of aromatic carboxylic acids is 1. The maximum absolute atomic E-state index is 12.0. The van der Waals surface area contributed by atoms with Crippen molar-refractivity contribution in [3.05, 3.63) is 52.7 Å². The Bertz CT molecular complexity index is 826. The number of thioether (sulfide) groups is 1. The number of aryl methyl sites for hydroxylation is 2. The molecule has 0 spiro atoms. The van der Waals surface area contributed by atoms with Crippen molar-refractivity contribution in [2.24, 2.45) is 0 Å². The first-order valence-electron chi connectivity index (χ1n) is 7.08. The van der Waals surface area contributed by atoms with Gasteiger partial charge in [-0.15, -0.1) is 0 Å². The molecule has 0 saturated carbocycles. The van der Waals surface area contributed by atoms with Crippen LogP contribution >= 0.6 is 11.8 Å². The smallest absolute Gasteiger partial charge is 0.257 e. The third-order valence-corrected chi connectivity index (χ3v) is 4.23. The Balaban J connectivity index is 2.01. The molecule has 24 heavy (non-hydrogen) atoms. The second kappa shape index (κ2) is 7.62. The number of carboxylic acids is 1. The number of hydrogen-bond acceptors (Lipinski definition) is 5. The quantitative estimate of drug-likeness (QED) is 0.819. The van der Waals surface area contributed by atoms with Crippen LogP contribution in [0.4, 0.5) is 5.69 Å². The third kappa shape index (κ3) is 4.33. The molecule has 0 aliphatic heterocycles. The molecule has 0 aliphatic carbocycles. The van der Waals surface area contributed by atoms with Gasteiger partial charge in [-0.3, -0.25) is 4.79 Å². The maximum atomic E-state index is 12.0. The molecule has 1 aromatic carbocycles. The molecule has 122 valence electrons. The summed E-state index contributed by atoms with van der Waals surface area (Å²) in [5, 5.41) is 23.2. The van der Waals surface area contributed by atoms with Gasteiger partial charge in [0.15, 0.2) is 5.69 Å². The number of nitrogens with one attached hydrogen (secondary N) is 2. The first kappa shape index (κ1) is 17.5. The Morgan fingerprint density at radius 1 is 1.29 bits per heavy atom. The third-order valence-electron chi connectivity index (χ3n) is 3.23. The van der Waals surface area contributed by atoms with Crippen LogP contribution in [-0.4, -0.2) is 17.6 Å². The number of H-pyrrole nitrogens is 1. The van der Waals surface area contributed by atoms with E-state index in [0.717, 1.165) is 11.3 Å². The summed E-state index contributed by atoms with van der Waals surface area (Å²) < 4.78 is 0. The molecule has 1 aromatic heterocycles. The molecule has 0 fully saturated rings. The maximum Gasteiger partial charge on any atom is 0.257 e. The molecule has 2 N–H and O–H groups in total. The van der Waals surface area contributed by atoms with Crippen LogP contribution in [0.2, 0.25) is 0 Å². The SMILES string of the molecule is Cc1cc(C)c(C#N)c(SCC(=O)Nc2ccc(C(=O)[O-])cc2)[nH+]1.